The summed E-state index contributed by atoms with van der Waals surface area (Å²) in [6, 6.07) is 20.2. The minimum Gasteiger partial charge on any atom is -0.744 e. The largest absolute Gasteiger partial charge is 1.00 e. The fraction of sp³-hybridized carbons (Fsp3) is 0.133. The van der Waals surface area contributed by atoms with Crippen molar-refractivity contribution >= 4 is 52.0 Å². The van der Waals surface area contributed by atoms with E-state index in [4.69, 9.17) is 8.37 Å². The molecule has 4 rings (SSSR count). The van der Waals surface area contributed by atoms with Crippen LogP contribution in [0.1, 0.15) is 33.6 Å². The predicted octanol–water partition coefficient (Wildman–Crippen LogP) is -3.44. The Morgan fingerprint density at radius 1 is 0.519 bits per heavy atom. The van der Waals surface area contributed by atoms with E-state index in [0.29, 0.717) is 0 Å². The van der Waals surface area contributed by atoms with Gasteiger partial charge in [-0.3, -0.25) is 18.0 Å². The first-order valence-corrected chi connectivity index (χ1v) is 19.4. The molecule has 4 aromatic rings. The molecule has 0 radical (unpaired) electrons. The molecule has 0 saturated heterocycles. The van der Waals surface area contributed by atoms with Crippen molar-refractivity contribution in [3.63, 3.8) is 0 Å². The Bertz CT molecular complexity index is 2140. The summed E-state index contributed by atoms with van der Waals surface area (Å²) in [5.74, 6) is -2.83. The van der Waals surface area contributed by atoms with Gasteiger partial charge in [0.25, 0.3) is 20.2 Å². The van der Waals surface area contributed by atoms with E-state index in [0.717, 1.165) is 36.4 Å². The van der Waals surface area contributed by atoms with Crippen LogP contribution in [0.4, 0.5) is 0 Å². The van der Waals surface area contributed by atoms with Crippen LogP contribution >= 0.6 is 0 Å². The molecule has 0 fully saturated rings. The molecule has 0 amide bonds. The van der Waals surface area contributed by atoms with E-state index >= 15 is 0 Å². The number of carbonyl (C=O) groups excluding carboxylic acids is 2. The smallest absolute Gasteiger partial charge is 0.744 e. The van der Waals surface area contributed by atoms with Gasteiger partial charge in [-0.1, -0.05) is 36.4 Å². The van der Waals surface area contributed by atoms with Crippen molar-refractivity contribution < 1.29 is 174 Å². The maximum absolute atomic E-state index is 12.0. The Balaban J connectivity index is 0.000000501. The van der Waals surface area contributed by atoms with Crippen LogP contribution in [0.15, 0.2) is 117 Å². The first-order valence-electron chi connectivity index (χ1n) is 13.8. The minimum atomic E-state index is -4.95. The van der Waals surface area contributed by atoms with Gasteiger partial charge in [0.15, 0.2) is 11.6 Å². The van der Waals surface area contributed by atoms with E-state index in [-0.39, 0.29) is 137 Å². The van der Waals surface area contributed by atoms with Gasteiger partial charge in [0.05, 0.1) is 32.8 Å². The van der Waals surface area contributed by atoms with Gasteiger partial charge in [0.1, 0.15) is 31.7 Å². The molecule has 0 aliphatic rings. The summed E-state index contributed by atoms with van der Waals surface area (Å²) in [6.45, 7) is -0.924. The number of hydrogen-bond acceptors (Lipinski definition) is 16. The molecule has 0 aromatic heterocycles. The molecule has 52 heavy (non-hydrogen) atoms. The van der Waals surface area contributed by atoms with Crippen molar-refractivity contribution in [1.82, 2.24) is 0 Å². The first-order chi connectivity index (χ1) is 23.2. The molecule has 4 aromatic carbocycles. The number of phenolic OH excluding ortho intramolecular Hbond substituents is 2. The van der Waals surface area contributed by atoms with Crippen LogP contribution in [0, 0.1) is 0 Å². The Hall–Kier alpha value is -1.27. The van der Waals surface area contributed by atoms with Crippen molar-refractivity contribution in [3.8, 4) is 11.5 Å². The molecule has 0 aliphatic carbocycles. The summed E-state index contributed by atoms with van der Waals surface area (Å²) in [5.41, 5.74) is -0.319. The third kappa shape index (κ3) is 14.8. The average molecular weight is 849 g/mol. The van der Waals surface area contributed by atoms with E-state index in [1.165, 1.54) is 48.5 Å². The summed E-state index contributed by atoms with van der Waals surface area (Å²) in [4.78, 5) is 22.0. The van der Waals surface area contributed by atoms with Gasteiger partial charge in [-0.15, -0.1) is 0 Å². The summed E-state index contributed by atoms with van der Waals surface area (Å²) >= 11 is 0. The van der Waals surface area contributed by atoms with Crippen molar-refractivity contribution in [2.24, 2.45) is 0 Å². The zero-order valence-electron chi connectivity index (χ0n) is 27.3. The third-order valence-electron chi connectivity index (χ3n) is 6.30. The van der Waals surface area contributed by atoms with Crippen molar-refractivity contribution in [2.75, 3.05) is 13.2 Å². The van der Waals surface area contributed by atoms with Crippen molar-refractivity contribution in [3.05, 3.63) is 108 Å². The third-order valence-corrected chi connectivity index (χ3v) is 10.7. The number of hydrogen-bond donors (Lipinski definition) is 2. The standard InChI is InChI=1S/2C15H14O8S2.2K/c2*16-13(11-6-7-14(17)15(10-11)24(18,19)20)8-9-23-25(21,22)12-4-2-1-3-5-12;;/h2*1-7,10,17H,8-9H2,(H,18,19,20);;/q;;2*+1/p-2. The number of Topliss-reactive ketones (excluding diaryl/α,β-unsaturated/α-hetero) is 2. The molecule has 0 heterocycles. The molecule has 16 nitrogen and oxygen atoms in total. The normalized spacial score (nSPS) is 11.6. The van der Waals surface area contributed by atoms with E-state index in [1.54, 1.807) is 12.1 Å². The zero-order chi connectivity index (χ0) is 37.3. The maximum atomic E-state index is 12.0. The minimum absolute atomic E-state index is 0. The summed E-state index contributed by atoms with van der Waals surface area (Å²) < 4.78 is 123. The predicted molar refractivity (Wildman–Crippen MR) is 169 cm³/mol. The Morgan fingerprint density at radius 2 is 0.827 bits per heavy atom. The number of aromatic hydroxyl groups is 2. The molecule has 22 heteroatoms. The SMILES string of the molecule is O=C(CCOS(=O)(=O)c1ccccc1)c1ccc(O)c(S(=O)(=O)[O-])c1.O=C(CCOS(=O)(=O)c1ccccc1)c1ccc(O)c(S(=O)(=O)[O-])c1.[K+].[K+]. The average Bonchev–Trinajstić information content (AvgIpc) is 3.05. The van der Waals surface area contributed by atoms with E-state index in [2.05, 4.69) is 0 Å². The number of carbonyl (C=O) groups is 2. The van der Waals surface area contributed by atoms with Crippen LogP contribution in [0.25, 0.3) is 0 Å². The fourth-order valence-corrected chi connectivity index (χ4v) is 6.91. The molecule has 2 N–H and O–H groups in total. The van der Waals surface area contributed by atoms with Crippen LogP contribution in [0.3, 0.4) is 0 Å². The molecule has 0 spiro atoms. The first kappa shape index (κ1) is 48.8. The van der Waals surface area contributed by atoms with Gasteiger partial charge in [0, 0.05) is 24.0 Å². The molecular weight excluding hydrogens is 823 g/mol. The van der Waals surface area contributed by atoms with Crippen LogP contribution in [-0.4, -0.2) is 77.8 Å². The zero-order valence-corrected chi connectivity index (χ0v) is 36.8. The monoisotopic (exact) mass is 848 g/mol. The molecule has 0 saturated carbocycles. The van der Waals surface area contributed by atoms with Crippen LogP contribution in [-0.2, 0) is 48.8 Å². The van der Waals surface area contributed by atoms with Crippen molar-refractivity contribution in [2.45, 2.75) is 32.4 Å². The topological polar surface area (TPSA) is 276 Å². The molecule has 0 unspecified atom stereocenters. The van der Waals surface area contributed by atoms with Crippen molar-refractivity contribution in [1.29, 1.82) is 0 Å². The van der Waals surface area contributed by atoms with E-state index in [1.807, 2.05) is 0 Å². The number of benzene rings is 4. The molecule has 0 atom stereocenters. The van der Waals surface area contributed by atoms with Gasteiger partial charge < -0.3 is 19.3 Å². The Labute approximate surface area is 385 Å². The van der Waals surface area contributed by atoms with Gasteiger partial charge >= 0.3 is 103 Å². The van der Waals surface area contributed by atoms with E-state index < -0.39 is 86.5 Å². The van der Waals surface area contributed by atoms with Crippen LogP contribution in [0.5, 0.6) is 11.5 Å². The Kier molecular flexibility index (Phi) is 19.8. The number of phenols is 2. The van der Waals surface area contributed by atoms with Gasteiger partial charge in [0.2, 0.25) is 0 Å². The molecule has 0 bridgehead atoms. The summed E-state index contributed by atoms with van der Waals surface area (Å²) in [5, 5.41) is 18.7. The van der Waals surface area contributed by atoms with Crippen LogP contribution < -0.4 is 103 Å². The quantitative estimate of drug-likeness (QED) is 0.0541. The van der Waals surface area contributed by atoms with Gasteiger partial charge in [-0.25, -0.2) is 16.8 Å². The summed E-state index contributed by atoms with van der Waals surface area (Å²) in [7, 11) is -17.9. The van der Waals surface area contributed by atoms with Crippen LogP contribution in [0.2, 0.25) is 0 Å². The molecule has 268 valence electrons. The molecule has 0 aliphatic heterocycles. The second-order valence-corrected chi connectivity index (χ2v) is 15.7. The Morgan fingerprint density at radius 3 is 1.12 bits per heavy atom. The number of rotatable bonds is 14. The molecular formula is C30H26K2O16S4. The second kappa shape index (κ2) is 21.1. The van der Waals surface area contributed by atoms with Gasteiger partial charge in [-0.2, -0.15) is 16.8 Å². The van der Waals surface area contributed by atoms with Gasteiger partial charge in [-0.05, 0) is 60.7 Å². The van der Waals surface area contributed by atoms with E-state index in [9.17, 15) is 62.6 Å². The second-order valence-electron chi connectivity index (χ2n) is 9.80. The fourth-order valence-electron chi connectivity index (χ4n) is 3.86. The maximum Gasteiger partial charge on any atom is 1.00 e. The number of ketones is 2. The summed E-state index contributed by atoms with van der Waals surface area (Å²) in [6.07, 6.45) is -0.732.